The number of aromatic nitrogens is 1. The average Bonchev–Trinajstić information content (AvgIpc) is 2.64. The molecule has 11 heteroatoms. The summed E-state index contributed by atoms with van der Waals surface area (Å²) in [6.45, 7) is -1.69. The number of anilines is 1. The molecule has 0 bridgehead atoms. The minimum absolute atomic E-state index is 0.0892. The predicted octanol–water partition coefficient (Wildman–Crippen LogP) is 1.84. The van der Waals surface area contributed by atoms with Gasteiger partial charge in [0.05, 0.1) is 31.1 Å². The number of hydrogen-bond donors (Lipinski definition) is 3. The fraction of sp³-hybridized carbons (Fsp3) is 0.235. The van der Waals surface area contributed by atoms with Crippen molar-refractivity contribution in [1.82, 2.24) is 15.2 Å². The van der Waals surface area contributed by atoms with Crippen molar-refractivity contribution < 1.29 is 32.3 Å². The summed E-state index contributed by atoms with van der Waals surface area (Å²) in [5.41, 5.74) is -0.428. The summed E-state index contributed by atoms with van der Waals surface area (Å²) in [4.78, 5) is 28.7. The molecule has 0 aliphatic carbocycles. The quantitative estimate of drug-likeness (QED) is 0.670. The fourth-order valence-corrected chi connectivity index (χ4v) is 2.74. The zero-order valence-corrected chi connectivity index (χ0v) is 14.2. The third kappa shape index (κ3) is 3.88. The summed E-state index contributed by atoms with van der Waals surface area (Å²) in [6, 6.07) is 0.604. The summed E-state index contributed by atoms with van der Waals surface area (Å²) in [6.07, 6.45) is 0.722. The Morgan fingerprint density at radius 3 is 2.71 bits per heavy atom. The number of carbonyl (C=O) groups is 2. The van der Waals surface area contributed by atoms with Gasteiger partial charge in [0.25, 0.3) is 0 Å². The Morgan fingerprint density at radius 1 is 1.29 bits per heavy atom. The topological polar surface area (TPSA) is 94.6 Å². The Morgan fingerprint density at radius 2 is 2.04 bits per heavy atom. The highest BCUT2D eigenvalue weighted by Crippen LogP contribution is 2.27. The molecule has 28 heavy (non-hydrogen) atoms. The summed E-state index contributed by atoms with van der Waals surface area (Å²) in [5, 5.41) is 14.0. The number of nitrogens with zero attached hydrogens (tertiary/aromatic N) is 2. The van der Waals surface area contributed by atoms with E-state index in [0.29, 0.717) is 6.07 Å². The maximum absolute atomic E-state index is 13.9. The smallest absolute Gasteiger partial charge is 0.322 e. The van der Waals surface area contributed by atoms with Crippen molar-refractivity contribution in [1.29, 1.82) is 0 Å². The zero-order valence-electron chi connectivity index (χ0n) is 14.2. The lowest BCUT2D eigenvalue weighted by Crippen LogP contribution is -2.46. The number of aliphatic hydroxyl groups is 1. The van der Waals surface area contributed by atoms with E-state index in [1.807, 2.05) is 0 Å². The highest BCUT2D eigenvalue weighted by Gasteiger charge is 2.29. The van der Waals surface area contributed by atoms with Crippen LogP contribution in [0, 0.1) is 23.3 Å². The molecular weight excluding hydrogens is 384 g/mol. The number of amides is 3. The van der Waals surface area contributed by atoms with Crippen molar-refractivity contribution in [2.45, 2.75) is 12.6 Å². The number of pyridine rings is 1. The van der Waals surface area contributed by atoms with E-state index in [4.69, 9.17) is 0 Å². The molecule has 1 aliphatic heterocycles. The van der Waals surface area contributed by atoms with E-state index in [9.17, 15) is 32.3 Å². The van der Waals surface area contributed by atoms with Crippen LogP contribution in [0.4, 0.5) is 28.0 Å². The number of carbonyl (C=O) groups excluding carboxylic acids is 2. The first-order valence-corrected chi connectivity index (χ1v) is 8.04. The van der Waals surface area contributed by atoms with Gasteiger partial charge in [0, 0.05) is 11.6 Å². The van der Waals surface area contributed by atoms with Gasteiger partial charge in [-0.2, -0.15) is 0 Å². The molecule has 1 aromatic carbocycles. The van der Waals surface area contributed by atoms with Crippen LogP contribution in [0.3, 0.4) is 0 Å². The van der Waals surface area contributed by atoms with E-state index in [1.54, 1.807) is 0 Å². The normalized spacial score (nSPS) is 14.3. The Bertz CT molecular complexity index is 941. The molecular formula is C17H14F4N4O3. The molecule has 0 saturated heterocycles. The van der Waals surface area contributed by atoms with Gasteiger partial charge in [-0.25, -0.2) is 22.4 Å². The number of rotatable bonds is 5. The Labute approximate surface area is 156 Å². The number of hydrogen-bond acceptors (Lipinski definition) is 4. The SMILES string of the molecule is O=C(CN1Cc2c(ccc(F)c2F)NC1=O)N[C@H](CO)c1ncc(F)cc1F. The molecule has 7 nitrogen and oxygen atoms in total. The monoisotopic (exact) mass is 398 g/mol. The van der Waals surface area contributed by atoms with E-state index in [0.717, 1.165) is 17.2 Å². The minimum atomic E-state index is -1.29. The molecule has 1 aromatic heterocycles. The van der Waals surface area contributed by atoms with Gasteiger partial charge in [0.15, 0.2) is 11.6 Å². The second-order valence-electron chi connectivity index (χ2n) is 6.00. The molecule has 0 radical (unpaired) electrons. The van der Waals surface area contributed by atoms with E-state index >= 15 is 0 Å². The van der Waals surface area contributed by atoms with Crippen LogP contribution < -0.4 is 10.6 Å². The summed E-state index contributed by atoms with van der Waals surface area (Å²) in [7, 11) is 0. The Hall–Kier alpha value is -3.21. The maximum atomic E-state index is 13.9. The third-order valence-corrected chi connectivity index (χ3v) is 4.09. The van der Waals surface area contributed by atoms with Gasteiger partial charge in [0.1, 0.15) is 23.9 Å². The number of nitrogens with one attached hydrogen (secondary N) is 2. The largest absolute Gasteiger partial charge is 0.394 e. The zero-order chi connectivity index (χ0) is 20.4. The maximum Gasteiger partial charge on any atom is 0.322 e. The standard InChI is InChI=1S/C17H14F4N4O3/c18-8-3-11(20)16(22-4-8)13(7-26)23-14(27)6-25-5-9-12(24-17(25)28)2-1-10(19)15(9)21/h1-4,13,26H,5-7H2,(H,23,27)(H,24,28)/t13-/m1/s1. The van der Waals surface area contributed by atoms with Crippen LogP contribution in [-0.2, 0) is 11.3 Å². The van der Waals surface area contributed by atoms with Crippen LogP contribution in [-0.4, -0.2) is 40.1 Å². The van der Waals surface area contributed by atoms with Crippen molar-refractivity contribution in [3.8, 4) is 0 Å². The van der Waals surface area contributed by atoms with E-state index in [-0.39, 0.29) is 23.5 Å². The van der Waals surface area contributed by atoms with Crippen LogP contribution in [0.5, 0.6) is 0 Å². The van der Waals surface area contributed by atoms with E-state index < -0.39 is 54.4 Å². The summed E-state index contributed by atoms with van der Waals surface area (Å²) >= 11 is 0. The molecule has 3 rings (SSSR count). The number of halogens is 4. The molecule has 2 heterocycles. The van der Waals surface area contributed by atoms with Crippen LogP contribution >= 0.6 is 0 Å². The molecule has 3 amide bonds. The lowest BCUT2D eigenvalue weighted by atomic mass is 10.1. The van der Waals surface area contributed by atoms with Gasteiger partial charge < -0.3 is 20.6 Å². The molecule has 0 spiro atoms. The lowest BCUT2D eigenvalue weighted by molar-refractivity contribution is -0.122. The van der Waals surface area contributed by atoms with Gasteiger partial charge in [0.2, 0.25) is 5.91 Å². The highest BCUT2D eigenvalue weighted by atomic mass is 19.2. The van der Waals surface area contributed by atoms with E-state index in [1.165, 1.54) is 6.07 Å². The molecule has 3 N–H and O–H groups in total. The van der Waals surface area contributed by atoms with Crippen molar-refractivity contribution in [2.24, 2.45) is 0 Å². The number of benzene rings is 1. The molecule has 148 valence electrons. The highest BCUT2D eigenvalue weighted by molar-refractivity contribution is 5.94. The van der Waals surface area contributed by atoms with Crippen molar-refractivity contribution in [3.05, 3.63) is 58.9 Å². The Balaban J connectivity index is 1.71. The van der Waals surface area contributed by atoms with Crippen LogP contribution in [0.1, 0.15) is 17.3 Å². The first kappa shape index (κ1) is 19.5. The third-order valence-electron chi connectivity index (χ3n) is 4.09. The van der Waals surface area contributed by atoms with Crippen molar-refractivity contribution in [2.75, 3.05) is 18.5 Å². The molecule has 0 unspecified atom stereocenters. The second kappa shape index (κ2) is 7.80. The number of aliphatic hydroxyl groups excluding tert-OH is 1. The van der Waals surface area contributed by atoms with Gasteiger partial charge in [-0.15, -0.1) is 0 Å². The Kier molecular flexibility index (Phi) is 5.45. The summed E-state index contributed by atoms with van der Waals surface area (Å²) in [5.74, 6) is -5.06. The van der Waals surface area contributed by atoms with E-state index in [2.05, 4.69) is 15.6 Å². The lowest BCUT2D eigenvalue weighted by Gasteiger charge is -2.29. The fourth-order valence-electron chi connectivity index (χ4n) is 2.74. The van der Waals surface area contributed by atoms with Gasteiger partial charge >= 0.3 is 6.03 Å². The average molecular weight is 398 g/mol. The minimum Gasteiger partial charge on any atom is -0.394 e. The van der Waals surface area contributed by atoms with Gasteiger partial charge in [-0.3, -0.25) is 9.78 Å². The van der Waals surface area contributed by atoms with Crippen molar-refractivity contribution >= 4 is 17.6 Å². The second-order valence-corrected chi connectivity index (χ2v) is 6.00. The number of urea groups is 1. The first-order chi connectivity index (χ1) is 13.3. The molecule has 0 saturated carbocycles. The first-order valence-electron chi connectivity index (χ1n) is 8.04. The van der Waals surface area contributed by atoms with Crippen molar-refractivity contribution in [3.63, 3.8) is 0 Å². The van der Waals surface area contributed by atoms with Gasteiger partial charge in [-0.1, -0.05) is 0 Å². The van der Waals surface area contributed by atoms with Crippen LogP contribution in [0.2, 0.25) is 0 Å². The number of fused-ring (bicyclic) bond motifs is 1. The molecule has 2 aromatic rings. The van der Waals surface area contributed by atoms with Crippen LogP contribution in [0.15, 0.2) is 24.4 Å². The molecule has 0 fully saturated rings. The van der Waals surface area contributed by atoms with Gasteiger partial charge in [-0.05, 0) is 12.1 Å². The van der Waals surface area contributed by atoms with Crippen LogP contribution in [0.25, 0.3) is 0 Å². The molecule has 1 atom stereocenters. The predicted molar refractivity (Wildman–Crippen MR) is 87.9 cm³/mol. The summed E-state index contributed by atoms with van der Waals surface area (Å²) < 4.78 is 54.0. The molecule has 1 aliphatic rings.